The van der Waals surface area contributed by atoms with E-state index in [1.807, 2.05) is 12.1 Å². The number of nitrogens with zero attached hydrogens (tertiary/aromatic N) is 1. The van der Waals surface area contributed by atoms with Crippen molar-refractivity contribution in [1.82, 2.24) is 0 Å². The molecule has 0 spiro atoms. The topological polar surface area (TPSA) is 40.5 Å². The summed E-state index contributed by atoms with van der Waals surface area (Å²) in [6.45, 7) is 5.47. The third-order valence-corrected chi connectivity index (χ3v) is 4.50. The Morgan fingerprint density at radius 3 is 2.55 bits per heavy atom. The summed E-state index contributed by atoms with van der Waals surface area (Å²) < 4.78 is 0.661. The van der Waals surface area contributed by atoms with E-state index in [2.05, 4.69) is 34.7 Å². The minimum Gasteiger partial charge on any atom is -0.478 e. The Labute approximate surface area is 129 Å². The van der Waals surface area contributed by atoms with Gasteiger partial charge in [0.25, 0.3) is 0 Å². The number of aromatic carboxylic acids is 1. The minimum atomic E-state index is -0.889. The predicted molar refractivity (Wildman–Crippen MR) is 85.5 cm³/mol. The van der Waals surface area contributed by atoms with Gasteiger partial charge in [0.15, 0.2) is 0 Å². The van der Waals surface area contributed by atoms with Gasteiger partial charge in [-0.3, -0.25) is 0 Å². The first-order valence-corrected chi connectivity index (χ1v) is 8.08. The molecule has 1 N–H and O–H groups in total. The minimum absolute atomic E-state index is 0.324. The van der Waals surface area contributed by atoms with Gasteiger partial charge < -0.3 is 10.0 Å². The average Bonchev–Trinajstić information content (AvgIpc) is 2.88. The molecule has 1 aromatic rings. The highest BCUT2D eigenvalue weighted by atomic mass is 79.9. The Bertz CT molecular complexity index is 481. The van der Waals surface area contributed by atoms with Crippen LogP contribution in [0.3, 0.4) is 0 Å². The van der Waals surface area contributed by atoms with Crippen molar-refractivity contribution >= 4 is 27.6 Å². The molecule has 0 radical (unpaired) electrons. The third kappa shape index (κ3) is 3.54. The SMILES string of the molecule is CC(C)CN(c1ccc(C(=O)O)c(Br)c1)C1CCCC1. The van der Waals surface area contributed by atoms with Crippen LogP contribution in [-0.2, 0) is 0 Å². The van der Waals surface area contributed by atoms with Crippen molar-refractivity contribution in [3.8, 4) is 0 Å². The fraction of sp³-hybridized carbons (Fsp3) is 0.562. The Morgan fingerprint density at radius 1 is 1.40 bits per heavy atom. The summed E-state index contributed by atoms with van der Waals surface area (Å²) in [4.78, 5) is 13.5. The number of benzene rings is 1. The number of halogens is 1. The van der Waals surface area contributed by atoms with E-state index in [0.29, 0.717) is 22.0 Å². The molecule has 2 rings (SSSR count). The zero-order valence-electron chi connectivity index (χ0n) is 12.1. The average molecular weight is 340 g/mol. The van der Waals surface area contributed by atoms with Crippen molar-refractivity contribution in [2.75, 3.05) is 11.4 Å². The highest BCUT2D eigenvalue weighted by Crippen LogP contribution is 2.31. The molecule has 0 bridgehead atoms. The quantitative estimate of drug-likeness (QED) is 0.855. The maximum atomic E-state index is 11.1. The van der Waals surface area contributed by atoms with Crippen LogP contribution in [0.1, 0.15) is 49.9 Å². The van der Waals surface area contributed by atoms with Crippen LogP contribution in [0.4, 0.5) is 5.69 Å². The van der Waals surface area contributed by atoms with E-state index in [1.54, 1.807) is 6.07 Å². The van der Waals surface area contributed by atoms with Crippen LogP contribution in [0.2, 0.25) is 0 Å². The van der Waals surface area contributed by atoms with E-state index in [-0.39, 0.29) is 0 Å². The molecule has 1 saturated carbocycles. The summed E-state index contributed by atoms with van der Waals surface area (Å²) in [5, 5.41) is 9.11. The van der Waals surface area contributed by atoms with Crippen LogP contribution in [0.15, 0.2) is 22.7 Å². The lowest BCUT2D eigenvalue weighted by Crippen LogP contribution is -2.36. The smallest absolute Gasteiger partial charge is 0.336 e. The van der Waals surface area contributed by atoms with Crippen LogP contribution in [-0.4, -0.2) is 23.7 Å². The molecule has 0 saturated heterocycles. The van der Waals surface area contributed by atoms with Gasteiger partial charge in [-0.2, -0.15) is 0 Å². The second kappa shape index (κ2) is 6.61. The highest BCUT2D eigenvalue weighted by molar-refractivity contribution is 9.10. The van der Waals surface area contributed by atoms with Crippen LogP contribution >= 0.6 is 15.9 Å². The number of carboxylic acid groups (broad SMARTS) is 1. The second-order valence-corrected chi connectivity index (χ2v) is 6.81. The van der Waals surface area contributed by atoms with Gasteiger partial charge in [0, 0.05) is 22.7 Å². The molecule has 0 aromatic heterocycles. The molecule has 1 aromatic carbocycles. The number of hydrogen-bond acceptors (Lipinski definition) is 2. The maximum absolute atomic E-state index is 11.1. The van der Waals surface area contributed by atoms with Crippen molar-refractivity contribution < 1.29 is 9.90 Å². The first kappa shape index (κ1) is 15.4. The monoisotopic (exact) mass is 339 g/mol. The summed E-state index contributed by atoms with van der Waals surface area (Å²) in [5.74, 6) is -0.298. The van der Waals surface area contributed by atoms with Gasteiger partial charge >= 0.3 is 5.97 Å². The molecule has 1 aliphatic rings. The summed E-state index contributed by atoms with van der Waals surface area (Å²) in [6.07, 6.45) is 5.08. The Morgan fingerprint density at radius 2 is 2.05 bits per heavy atom. The lowest BCUT2D eigenvalue weighted by atomic mass is 10.1. The summed E-state index contributed by atoms with van der Waals surface area (Å²) >= 11 is 3.38. The number of anilines is 1. The maximum Gasteiger partial charge on any atom is 0.336 e. The number of carbonyl (C=O) groups is 1. The summed E-state index contributed by atoms with van der Waals surface area (Å²) in [5.41, 5.74) is 1.45. The number of carboxylic acids is 1. The normalized spacial score (nSPS) is 15.8. The molecule has 0 amide bonds. The van der Waals surface area contributed by atoms with Crippen molar-refractivity contribution in [3.05, 3.63) is 28.2 Å². The first-order valence-electron chi connectivity index (χ1n) is 7.28. The molecule has 1 aliphatic carbocycles. The standard InChI is InChI=1S/C16H22BrNO2/c1-11(2)10-18(12-5-3-4-6-12)13-7-8-14(16(19)20)15(17)9-13/h7-9,11-12H,3-6,10H2,1-2H3,(H,19,20). The van der Waals surface area contributed by atoms with Gasteiger partial charge in [-0.15, -0.1) is 0 Å². The molecule has 4 heteroatoms. The van der Waals surface area contributed by atoms with Crippen LogP contribution in [0, 0.1) is 5.92 Å². The molecule has 0 unspecified atom stereocenters. The molecule has 0 heterocycles. The van der Waals surface area contributed by atoms with Gasteiger partial charge in [0.2, 0.25) is 0 Å². The van der Waals surface area contributed by atoms with Gasteiger partial charge in [-0.1, -0.05) is 26.7 Å². The fourth-order valence-corrected chi connectivity index (χ4v) is 3.47. The zero-order chi connectivity index (χ0) is 14.7. The fourth-order valence-electron chi connectivity index (χ4n) is 2.93. The Hall–Kier alpha value is -1.03. The van der Waals surface area contributed by atoms with E-state index in [9.17, 15) is 4.79 Å². The number of rotatable bonds is 5. The van der Waals surface area contributed by atoms with Crippen molar-refractivity contribution in [3.63, 3.8) is 0 Å². The third-order valence-electron chi connectivity index (χ3n) is 3.84. The van der Waals surface area contributed by atoms with E-state index in [0.717, 1.165) is 12.2 Å². The molecule has 0 aliphatic heterocycles. The van der Waals surface area contributed by atoms with Crippen LogP contribution in [0.5, 0.6) is 0 Å². The molecule has 20 heavy (non-hydrogen) atoms. The largest absolute Gasteiger partial charge is 0.478 e. The van der Waals surface area contributed by atoms with Crippen molar-refractivity contribution in [1.29, 1.82) is 0 Å². The van der Waals surface area contributed by atoms with Gasteiger partial charge in [0.1, 0.15) is 0 Å². The molecule has 3 nitrogen and oxygen atoms in total. The Kier molecular flexibility index (Phi) is 5.08. The first-order chi connectivity index (χ1) is 9.49. The summed E-state index contributed by atoms with van der Waals surface area (Å²) in [7, 11) is 0. The van der Waals surface area contributed by atoms with E-state index in [4.69, 9.17) is 5.11 Å². The van der Waals surface area contributed by atoms with E-state index >= 15 is 0 Å². The predicted octanol–water partition coefficient (Wildman–Crippen LogP) is 4.55. The van der Waals surface area contributed by atoms with E-state index < -0.39 is 5.97 Å². The van der Waals surface area contributed by atoms with Gasteiger partial charge in [0.05, 0.1) is 5.56 Å². The second-order valence-electron chi connectivity index (χ2n) is 5.95. The molecular formula is C16H22BrNO2. The lowest BCUT2D eigenvalue weighted by Gasteiger charge is -2.33. The molecule has 1 fully saturated rings. The van der Waals surface area contributed by atoms with E-state index in [1.165, 1.54) is 25.7 Å². The lowest BCUT2D eigenvalue weighted by molar-refractivity contribution is 0.0696. The van der Waals surface area contributed by atoms with Crippen LogP contribution < -0.4 is 4.90 Å². The van der Waals surface area contributed by atoms with Crippen molar-refractivity contribution in [2.24, 2.45) is 5.92 Å². The van der Waals surface area contributed by atoms with Crippen molar-refractivity contribution in [2.45, 2.75) is 45.6 Å². The molecule has 0 atom stereocenters. The van der Waals surface area contributed by atoms with Gasteiger partial charge in [-0.05, 0) is 52.9 Å². The molecular weight excluding hydrogens is 318 g/mol. The van der Waals surface area contributed by atoms with Gasteiger partial charge in [-0.25, -0.2) is 4.79 Å². The molecule has 110 valence electrons. The summed E-state index contributed by atoms with van der Waals surface area (Å²) in [6, 6.07) is 6.18. The number of hydrogen-bond donors (Lipinski definition) is 1. The zero-order valence-corrected chi connectivity index (χ0v) is 13.7. The Balaban J connectivity index is 2.28. The van der Waals surface area contributed by atoms with Crippen LogP contribution in [0.25, 0.3) is 0 Å². The highest BCUT2D eigenvalue weighted by Gasteiger charge is 2.24.